The van der Waals surface area contributed by atoms with E-state index in [1.165, 1.54) is 10.0 Å². The van der Waals surface area contributed by atoms with Crippen LogP contribution in [0.25, 0.3) is 22.3 Å². The highest BCUT2D eigenvalue weighted by atomic mass is 35.5. The Bertz CT molecular complexity index is 2640. The Morgan fingerprint density at radius 1 is 0.631 bits per heavy atom. The summed E-state index contributed by atoms with van der Waals surface area (Å²) in [7, 11) is 0. The van der Waals surface area contributed by atoms with Gasteiger partial charge in [0.1, 0.15) is 0 Å². The van der Waals surface area contributed by atoms with Crippen molar-refractivity contribution in [3.63, 3.8) is 0 Å². The van der Waals surface area contributed by atoms with Crippen molar-refractivity contribution in [1.82, 2.24) is 31.2 Å². The summed E-state index contributed by atoms with van der Waals surface area (Å²) in [6.45, 7) is 4.90. The van der Waals surface area contributed by atoms with Crippen LogP contribution in [0, 0.1) is 0 Å². The van der Waals surface area contributed by atoms with Gasteiger partial charge < -0.3 is 28.7 Å². The molecular weight excluding hydrogens is 887 g/mol. The monoisotopic (exact) mass is 932 g/mol. The van der Waals surface area contributed by atoms with Crippen molar-refractivity contribution in [3.8, 4) is 22.3 Å². The van der Waals surface area contributed by atoms with Crippen molar-refractivity contribution in [2.24, 2.45) is 0 Å². The molecule has 0 bridgehead atoms. The second-order valence-corrected chi connectivity index (χ2v) is 15.4. The van der Waals surface area contributed by atoms with Crippen LogP contribution >= 0.6 is 23.2 Å². The first-order valence-electron chi connectivity index (χ1n) is 20.0. The Labute approximate surface area is 381 Å². The Hall–Kier alpha value is -6.80. The molecule has 18 nitrogen and oxygen atoms in total. The molecule has 0 fully saturated rings. The Balaban J connectivity index is 0.000000244. The van der Waals surface area contributed by atoms with Crippen LogP contribution in [0.2, 0.25) is 10.0 Å². The van der Waals surface area contributed by atoms with E-state index in [4.69, 9.17) is 41.7 Å². The zero-order valence-electron chi connectivity index (χ0n) is 35.3. The van der Waals surface area contributed by atoms with Crippen molar-refractivity contribution in [2.75, 3.05) is 19.7 Å². The van der Waals surface area contributed by atoms with Crippen LogP contribution in [0.5, 0.6) is 0 Å². The lowest BCUT2D eigenvalue weighted by Gasteiger charge is -2.25. The number of halogens is 2. The van der Waals surface area contributed by atoms with Crippen LogP contribution in [-0.4, -0.2) is 92.3 Å². The molecule has 0 spiro atoms. The quantitative estimate of drug-likeness (QED) is 0.0485. The van der Waals surface area contributed by atoms with Crippen LogP contribution in [0.15, 0.2) is 128 Å². The summed E-state index contributed by atoms with van der Waals surface area (Å²) >= 11 is 12.1. The number of hydrazine groups is 2. The third-order valence-corrected chi connectivity index (χ3v) is 9.42. The van der Waals surface area contributed by atoms with Gasteiger partial charge in [-0.25, -0.2) is 19.6 Å². The molecule has 0 aliphatic heterocycles. The maximum Gasteiger partial charge on any atom is 0.336 e. The van der Waals surface area contributed by atoms with E-state index in [-0.39, 0.29) is 44.3 Å². The van der Waals surface area contributed by atoms with Crippen molar-refractivity contribution < 1.29 is 47.9 Å². The molecule has 0 aliphatic carbocycles. The highest BCUT2D eigenvalue weighted by Crippen LogP contribution is 2.25. The SMILES string of the molecule is CC(C)OC(=O)[C@H](O)CN(Cc1ccc(-c2cccc(Cl)c2)cc1)NC(=O)c1cc(=O)[nH]o1.CCOC(=O)[C@H](O)CN(Cc1ccc(-c2cccc(Cl)c2)cc1)NC(=O)c1cc(=O)[nH]o1. The molecule has 2 aromatic heterocycles. The smallest absolute Gasteiger partial charge is 0.336 e. The zero-order chi connectivity index (χ0) is 47.0. The van der Waals surface area contributed by atoms with Gasteiger partial charge in [0.2, 0.25) is 11.5 Å². The fraction of sp³-hybridized carbons (Fsp3) is 0.244. The molecule has 2 atom stereocenters. The summed E-state index contributed by atoms with van der Waals surface area (Å²) in [5.41, 5.74) is 9.34. The first-order valence-corrected chi connectivity index (χ1v) is 20.7. The van der Waals surface area contributed by atoms with Gasteiger partial charge in [0.15, 0.2) is 12.2 Å². The van der Waals surface area contributed by atoms with Crippen LogP contribution in [0.1, 0.15) is 53.0 Å². The van der Waals surface area contributed by atoms with E-state index >= 15 is 0 Å². The van der Waals surface area contributed by atoms with Gasteiger partial charge >= 0.3 is 23.8 Å². The van der Waals surface area contributed by atoms with Gasteiger partial charge in [-0.3, -0.25) is 30.0 Å². The Kier molecular flexibility index (Phi) is 18.0. The average molecular weight is 934 g/mol. The van der Waals surface area contributed by atoms with E-state index < -0.39 is 53.2 Å². The number of rotatable bonds is 18. The number of aromatic amines is 2. The average Bonchev–Trinajstić information content (AvgIpc) is 3.92. The number of aromatic nitrogens is 2. The maximum absolute atomic E-state index is 12.4. The lowest BCUT2D eigenvalue weighted by molar-refractivity contribution is -0.159. The van der Waals surface area contributed by atoms with E-state index in [0.717, 1.165) is 45.5 Å². The number of ether oxygens (including phenoxy) is 2. The predicted octanol–water partition coefficient (Wildman–Crippen LogP) is 5.11. The highest BCUT2D eigenvalue weighted by molar-refractivity contribution is 6.31. The molecule has 0 saturated heterocycles. The molecule has 0 saturated carbocycles. The van der Waals surface area contributed by atoms with Crippen LogP contribution < -0.4 is 22.0 Å². The van der Waals surface area contributed by atoms with Crippen molar-refractivity contribution in [3.05, 3.63) is 163 Å². The molecule has 6 N–H and O–H groups in total. The summed E-state index contributed by atoms with van der Waals surface area (Å²) in [6, 6.07) is 31.9. The van der Waals surface area contributed by atoms with Crippen LogP contribution in [-0.2, 0) is 32.2 Å². The number of aliphatic hydroxyl groups excluding tert-OH is 2. The second-order valence-electron chi connectivity index (χ2n) is 14.5. The molecule has 0 radical (unpaired) electrons. The Morgan fingerprint density at radius 3 is 1.40 bits per heavy atom. The number of hydrogen-bond acceptors (Lipinski definition) is 14. The lowest BCUT2D eigenvalue weighted by atomic mass is 10.0. The Morgan fingerprint density at radius 2 is 1.05 bits per heavy atom. The van der Waals surface area contributed by atoms with Crippen molar-refractivity contribution in [2.45, 2.75) is 52.2 Å². The van der Waals surface area contributed by atoms with Gasteiger partial charge in [-0.15, -0.1) is 0 Å². The van der Waals surface area contributed by atoms with Gasteiger partial charge in [0.25, 0.3) is 11.1 Å². The van der Waals surface area contributed by atoms with Crippen molar-refractivity contribution >= 4 is 47.0 Å². The van der Waals surface area contributed by atoms with Gasteiger partial charge in [0, 0.05) is 23.1 Å². The van der Waals surface area contributed by atoms with Crippen molar-refractivity contribution in [1.29, 1.82) is 0 Å². The summed E-state index contributed by atoms with van der Waals surface area (Å²) in [6.07, 6.45) is -3.39. The first kappa shape index (κ1) is 49.2. The summed E-state index contributed by atoms with van der Waals surface area (Å²) in [5, 5.41) is 28.4. The number of nitrogens with zero attached hydrogens (tertiary/aromatic N) is 2. The van der Waals surface area contributed by atoms with E-state index in [0.29, 0.717) is 10.0 Å². The van der Waals surface area contributed by atoms with Gasteiger partial charge in [-0.2, -0.15) is 10.3 Å². The van der Waals surface area contributed by atoms with E-state index in [1.54, 1.807) is 32.9 Å². The highest BCUT2D eigenvalue weighted by Gasteiger charge is 2.25. The molecule has 0 unspecified atom stereocenters. The zero-order valence-corrected chi connectivity index (χ0v) is 36.8. The number of H-pyrrole nitrogens is 2. The van der Waals surface area contributed by atoms with E-state index in [1.807, 2.05) is 95.2 Å². The third-order valence-electron chi connectivity index (χ3n) is 8.95. The van der Waals surface area contributed by atoms with E-state index in [9.17, 15) is 39.0 Å². The van der Waals surface area contributed by atoms with Crippen LogP contribution in [0.4, 0.5) is 0 Å². The molecule has 2 heterocycles. The fourth-order valence-corrected chi connectivity index (χ4v) is 6.37. The number of amides is 2. The molecule has 4 aromatic carbocycles. The molecular formula is C45H46Cl2N6O12. The molecule has 0 aliphatic rings. The summed E-state index contributed by atoms with van der Waals surface area (Å²) < 4.78 is 19.5. The molecule has 6 aromatic rings. The number of nitrogens with one attached hydrogen (secondary N) is 4. The third kappa shape index (κ3) is 15.5. The topological polar surface area (TPSA) is 250 Å². The minimum atomic E-state index is -1.50. The number of carbonyl (C=O) groups excluding carboxylic acids is 4. The lowest BCUT2D eigenvalue weighted by Crippen LogP contribution is -2.47. The van der Waals surface area contributed by atoms with Gasteiger partial charge in [-0.05, 0) is 78.4 Å². The fourth-order valence-electron chi connectivity index (χ4n) is 5.99. The first-order chi connectivity index (χ1) is 31.1. The number of aliphatic hydroxyl groups is 2. The van der Waals surface area contributed by atoms with Crippen LogP contribution in [0.3, 0.4) is 0 Å². The number of carbonyl (C=O) groups is 4. The number of hydrogen-bond donors (Lipinski definition) is 6. The standard InChI is InChI=1S/C23H24ClN3O6.C22H22ClN3O6/c1-14(2)32-23(31)19(28)13-27(25-22(30)20-11-21(29)26-33-20)12-15-6-8-16(9-7-15)17-4-3-5-18(24)10-17;1-2-31-22(30)18(27)13-26(24-21(29)19-11-20(28)25-32-19)12-14-6-8-15(9-7-14)16-4-3-5-17(23)10-16/h3-11,14,19,28H,12-13H2,1-2H3,(H,25,30)(H,26,29);3-11,18,27H,2,12-13H2,1H3,(H,24,29)(H,25,28)/t19-;18-/m11/s1. The summed E-state index contributed by atoms with van der Waals surface area (Å²) in [4.78, 5) is 71.2. The molecule has 342 valence electrons. The summed E-state index contributed by atoms with van der Waals surface area (Å²) in [5.74, 6) is -3.52. The molecule has 6 rings (SSSR count). The van der Waals surface area contributed by atoms with E-state index in [2.05, 4.69) is 10.9 Å². The minimum Gasteiger partial charge on any atom is -0.464 e. The number of benzene rings is 4. The molecule has 2 amide bonds. The minimum absolute atomic E-state index is 0.113. The molecule has 20 heteroatoms. The normalized spacial score (nSPS) is 12.0. The maximum atomic E-state index is 12.4. The van der Waals surface area contributed by atoms with Gasteiger partial charge in [0.05, 0.1) is 37.9 Å². The predicted molar refractivity (Wildman–Crippen MR) is 238 cm³/mol. The van der Waals surface area contributed by atoms with Gasteiger partial charge in [-0.1, -0.05) is 96.0 Å². The number of esters is 2. The molecule has 65 heavy (non-hydrogen) atoms. The second kappa shape index (κ2) is 23.8. The largest absolute Gasteiger partial charge is 0.464 e.